The molecule has 0 aliphatic heterocycles. The van der Waals surface area contributed by atoms with E-state index in [9.17, 15) is 0 Å². The van der Waals surface area contributed by atoms with Crippen molar-refractivity contribution >= 4 is 37.9 Å². The number of methoxy groups -OCH3 is 1. The average molecular weight is 320 g/mol. The molecule has 0 atom stereocenters. The van der Waals surface area contributed by atoms with E-state index < -0.39 is 0 Å². The van der Waals surface area contributed by atoms with Gasteiger partial charge in [-0.05, 0) is 40.0 Å². The van der Waals surface area contributed by atoms with Gasteiger partial charge in [-0.15, -0.1) is 0 Å². The van der Waals surface area contributed by atoms with E-state index in [-0.39, 0.29) is 0 Å². The number of ether oxygens (including phenoxy) is 1. The molecule has 0 heterocycles. The van der Waals surface area contributed by atoms with Gasteiger partial charge in [-0.1, -0.05) is 34.1 Å². The Labute approximate surface area is 101 Å². The van der Waals surface area contributed by atoms with Gasteiger partial charge in [-0.2, -0.15) is 0 Å². The number of hydrogen-bond donors (Lipinski definition) is 0. The SMILES string of the molecule is COc1cc(C=CCCBr)ccc1Br. The molecule has 1 nitrogen and oxygen atoms in total. The molecule has 14 heavy (non-hydrogen) atoms. The summed E-state index contributed by atoms with van der Waals surface area (Å²) < 4.78 is 6.19. The number of rotatable bonds is 4. The highest BCUT2D eigenvalue weighted by Crippen LogP contribution is 2.26. The van der Waals surface area contributed by atoms with Crippen molar-refractivity contribution in [2.75, 3.05) is 12.4 Å². The maximum Gasteiger partial charge on any atom is 0.133 e. The smallest absolute Gasteiger partial charge is 0.133 e. The Kier molecular flexibility index (Phi) is 5.26. The highest BCUT2D eigenvalue weighted by atomic mass is 79.9. The predicted molar refractivity (Wildman–Crippen MR) is 68.1 cm³/mol. The Morgan fingerprint density at radius 1 is 1.43 bits per heavy atom. The fraction of sp³-hybridized carbons (Fsp3) is 0.273. The van der Waals surface area contributed by atoms with Gasteiger partial charge in [0, 0.05) is 5.33 Å². The fourth-order valence-corrected chi connectivity index (χ4v) is 1.74. The summed E-state index contributed by atoms with van der Waals surface area (Å²) in [4.78, 5) is 0. The van der Waals surface area contributed by atoms with Gasteiger partial charge in [-0.3, -0.25) is 0 Å². The van der Waals surface area contributed by atoms with E-state index >= 15 is 0 Å². The fourth-order valence-electron chi connectivity index (χ4n) is 1.06. The molecule has 0 unspecified atom stereocenters. The quantitative estimate of drug-likeness (QED) is 0.754. The lowest BCUT2D eigenvalue weighted by atomic mass is 10.2. The average Bonchev–Trinajstić information content (AvgIpc) is 2.21. The molecule has 3 heteroatoms. The summed E-state index contributed by atoms with van der Waals surface area (Å²) in [6.45, 7) is 0. The minimum atomic E-state index is 0.867. The van der Waals surface area contributed by atoms with Crippen molar-refractivity contribution in [1.82, 2.24) is 0 Å². The molecule has 0 radical (unpaired) electrons. The van der Waals surface area contributed by atoms with Gasteiger partial charge >= 0.3 is 0 Å². The Morgan fingerprint density at radius 2 is 2.21 bits per heavy atom. The first-order valence-corrected chi connectivity index (χ1v) is 6.25. The number of alkyl halides is 1. The summed E-state index contributed by atoms with van der Waals surface area (Å²) in [5, 5.41) is 0.997. The first-order valence-electron chi connectivity index (χ1n) is 4.34. The number of allylic oxidation sites excluding steroid dienone is 1. The Balaban J connectivity index is 2.79. The number of halogens is 2. The lowest BCUT2D eigenvalue weighted by molar-refractivity contribution is 0.412. The summed E-state index contributed by atoms with van der Waals surface area (Å²) in [7, 11) is 1.67. The van der Waals surface area contributed by atoms with Crippen LogP contribution in [-0.2, 0) is 0 Å². The number of hydrogen-bond acceptors (Lipinski definition) is 1. The summed E-state index contributed by atoms with van der Waals surface area (Å²) in [5.74, 6) is 0.867. The molecule has 1 aromatic carbocycles. The van der Waals surface area contributed by atoms with Crippen LogP contribution in [-0.4, -0.2) is 12.4 Å². The molecule has 0 fully saturated rings. The molecular weight excluding hydrogens is 308 g/mol. The van der Waals surface area contributed by atoms with Crippen molar-refractivity contribution in [1.29, 1.82) is 0 Å². The number of benzene rings is 1. The van der Waals surface area contributed by atoms with Crippen LogP contribution in [0.5, 0.6) is 5.75 Å². The van der Waals surface area contributed by atoms with Crippen LogP contribution in [0.1, 0.15) is 12.0 Å². The molecule has 0 amide bonds. The molecule has 0 saturated heterocycles. The van der Waals surface area contributed by atoms with Crippen molar-refractivity contribution in [3.8, 4) is 5.75 Å². The van der Waals surface area contributed by atoms with E-state index in [0.717, 1.165) is 27.5 Å². The summed E-state index contributed by atoms with van der Waals surface area (Å²) >= 11 is 6.80. The van der Waals surface area contributed by atoms with Crippen LogP contribution in [0.4, 0.5) is 0 Å². The molecule has 1 rings (SSSR count). The molecule has 0 aromatic heterocycles. The molecule has 76 valence electrons. The highest BCUT2D eigenvalue weighted by Gasteiger charge is 1.98. The highest BCUT2D eigenvalue weighted by molar-refractivity contribution is 9.10. The third-order valence-electron chi connectivity index (χ3n) is 1.76. The standard InChI is InChI=1S/C11H12Br2O/c1-14-11-8-9(4-2-3-7-12)5-6-10(11)13/h2,4-6,8H,3,7H2,1H3. The summed E-state index contributed by atoms with van der Waals surface area (Å²) in [5.41, 5.74) is 1.16. The van der Waals surface area contributed by atoms with Crippen LogP contribution in [0.3, 0.4) is 0 Å². The lowest BCUT2D eigenvalue weighted by Gasteiger charge is -2.03. The van der Waals surface area contributed by atoms with Gasteiger partial charge in [0.25, 0.3) is 0 Å². The summed E-state index contributed by atoms with van der Waals surface area (Å²) in [6.07, 6.45) is 5.27. The molecule has 1 aromatic rings. The third-order valence-corrected chi connectivity index (χ3v) is 2.87. The van der Waals surface area contributed by atoms with Crippen molar-refractivity contribution in [3.05, 3.63) is 34.3 Å². The molecule has 0 saturated carbocycles. The van der Waals surface area contributed by atoms with Crippen molar-refractivity contribution < 1.29 is 4.74 Å². The first-order chi connectivity index (χ1) is 6.77. The van der Waals surface area contributed by atoms with Gasteiger partial charge in [0.05, 0.1) is 11.6 Å². The van der Waals surface area contributed by atoms with Crippen molar-refractivity contribution in [3.63, 3.8) is 0 Å². The Hall–Kier alpha value is -0.280. The molecular formula is C11H12Br2O. The maximum atomic E-state index is 5.20. The topological polar surface area (TPSA) is 9.23 Å². The zero-order valence-corrected chi connectivity index (χ0v) is 11.1. The molecule has 0 aliphatic rings. The normalized spacial score (nSPS) is 10.8. The van der Waals surface area contributed by atoms with Crippen molar-refractivity contribution in [2.45, 2.75) is 6.42 Å². The van der Waals surface area contributed by atoms with E-state index in [1.165, 1.54) is 0 Å². The zero-order chi connectivity index (χ0) is 10.4. The van der Waals surface area contributed by atoms with E-state index in [1.807, 2.05) is 12.1 Å². The third kappa shape index (κ3) is 3.46. The molecule has 0 bridgehead atoms. The Morgan fingerprint density at radius 3 is 2.86 bits per heavy atom. The maximum absolute atomic E-state index is 5.20. The van der Waals surface area contributed by atoms with Crippen LogP contribution < -0.4 is 4.74 Å². The minimum Gasteiger partial charge on any atom is -0.496 e. The zero-order valence-electron chi connectivity index (χ0n) is 7.97. The van der Waals surface area contributed by atoms with E-state index in [2.05, 4.69) is 50.1 Å². The summed E-state index contributed by atoms with van der Waals surface area (Å²) in [6, 6.07) is 6.05. The van der Waals surface area contributed by atoms with E-state index in [0.29, 0.717) is 0 Å². The molecule has 0 spiro atoms. The van der Waals surface area contributed by atoms with Gasteiger partial charge in [0.2, 0.25) is 0 Å². The minimum absolute atomic E-state index is 0.867. The lowest BCUT2D eigenvalue weighted by Crippen LogP contribution is -1.84. The Bertz CT molecular complexity index is 321. The van der Waals surface area contributed by atoms with Crippen LogP contribution in [0.2, 0.25) is 0 Å². The second-order valence-electron chi connectivity index (χ2n) is 2.77. The predicted octanol–water partition coefficient (Wildman–Crippen LogP) is 4.26. The van der Waals surface area contributed by atoms with Crippen LogP contribution in [0.15, 0.2) is 28.7 Å². The van der Waals surface area contributed by atoms with Gasteiger partial charge < -0.3 is 4.74 Å². The van der Waals surface area contributed by atoms with E-state index in [4.69, 9.17) is 4.74 Å². The van der Waals surface area contributed by atoms with Crippen LogP contribution in [0, 0.1) is 0 Å². The molecule has 0 N–H and O–H groups in total. The van der Waals surface area contributed by atoms with Crippen LogP contribution >= 0.6 is 31.9 Å². The van der Waals surface area contributed by atoms with Gasteiger partial charge in [-0.25, -0.2) is 0 Å². The largest absolute Gasteiger partial charge is 0.496 e. The molecule has 0 aliphatic carbocycles. The second kappa shape index (κ2) is 6.25. The second-order valence-corrected chi connectivity index (χ2v) is 4.42. The van der Waals surface area contributed by atoms with Gasteiger partial charge in [0.1, 0.15) is 5.75 Å². The first kappa shape index (κ1) is 11.8. The van der Waals surface area contributed by atoms with Gasteiger partial charge in [0.15, 0.2) is 0 Å². The monoisotopic (exact) mass is 318 g/mol. The van der Waals surface area contributed by atoms with Crippen molar-refractivity contribution in [2.24, 2.45) is 0 Å². The van der Waals surface area contributed by atoms with E-state index in [1.54, 1.807) is 7.11 Å². The van der Waals surface area contributed by atoms with Crippen LogP contribution in [0.25, 0.3) is 6.08 Å².